The molecule has 0 radical (unpaired) electrons. The Kier molecular flexibility index (Phi) is 5.98. The van der Waals surface area contributed by atoms with Crippen molar-refractivity contribution >= 4 is 56.2 Å². The van der Waals surface area contributed by atoms with Gasteiger partial charge in [-0.25, -0.2) is 0 Å². The Bertz CT molecular complexity index is 1000. The highest BCUT2D eigenvalue weighted by Crippen LogP contribution is 2.37. The average Bonchev–Trinajstić information content (AvgIpc) is 2.98. The first-order chi connectivity index (χ1) is 13.0. The van der Waals surface area contributed by atoms with Crippen molar-refractivity contribution in [3.63, 3.8) is 0 Å². The molecule has 2 amide bonds. The Hall–Kier alpha value is -2.57. The molecule has 3 rings (SSSR count). The molecule has 1 heterocycles. The first-order valence-electron chi connectivity index (χ1n) is 8.49. The minimum absolute atomic E-state index is 0.0533. The Morgan fingerprint density at radius 1 is 1.11 bits per heavy atom. The minimum Gasteiger partial charge on any atom is -0.497 e. The lowest BCUT2D eigenvalue weighted by Gasteiger charge is -2.08. The van der Waals surface area contributed by atoms with E-state index in [0.29, 0.717) is 33.4 Å². The molecule has 0 aliphatic rings. The highest BCUT2D eigenvalue weighted by Gasteiger charge is 2.18. The number of rotatable bonds is 6. The van der Waals surface area contributed by atoms with Crippen LogP contribution in [-0.4, -0.2) is 18.9 Å². The summed E-state index contributed by atoms with van der Waals surface area (Å²) >= 11 is 7.71. The molecular formula is C20H19ClN2O3S. The fraction of sp³-hybridized carbons (Fsp3) is 0.200. The number of nitrogens with one attached hydrogen (secondary N) is 2. The van der Waals surface area contributed by atoms with Crippen molar-refractivity contribution in [1.82, 2.24) is 0 Å². The second kappa shape index (κ2) is 8.41. The fourth-order valence-corrected chi connectivity index (χ4v) is 4.07. The number of benzene rings is 2. The summed E-state index contributed by atoms with van der Waals surface area (Å²) in [6.07, 6.45) is 1.23. The van der Waals surface area contributed by atoms with E-state index < -0.39 is 0 Å². The number of fused-ring (bicyclic) bond motifs is 1. The quantitative estimate of drug-likeness (QED) is 0.567. The monoisotopic (exact) mass is 402 g/mol. The number of ether oxygens (including phenoxy) is 1. The van der Waals surface area contributed by atoms with Crippen molar-refractivity contribution in [1.29, 1.82) is 0 Å². The lowest BCUT2D eigenvalue weighted by Crippen LogP contribution is -2.13. The van der Waals surface area contributed by atoms with Gasteiger partial charge in [-0.1, -0.05) is 24.6 Å². The van der Waals surface area contributed by atoms with Gasteiger partial charge in [-0.2, -0.15) is 0 Å². The molecular weight excluding hydrogens is 384 g/mol. The van der Waals surface area contributed by atoms with Gasteiger partial charge in [0.25, 0.3) is 5.91 Å². The number of methoxy groups -OCH3 is 1. The second-order valence-corrected chi connectivity index (χ2v) is 7.37. The van der Waals surface area contributed by atoms with Gasteiger partial charge in [-0.15, -0.1) is 11.3 Å². The predicted octanol–water partition coefficient (Wildman–Crippen LogP) is 5.55. The maximum atomic E-state index is 12.7. The average molecular weight is 403 g/mol. The van der Waals surface area contributed by atoms with Gasteiger partial charge in [-0.05, 0) is 42.8 Å². The largest absolute Gasteiger partial charge is 0.497 e. The zero-order chi connectivity index (χ0) is 19.4. The molecule has 27 heavy (non-hydrogen) atoms. The molecule has 0 spiro atoms. The lowest BCUT2D eigenvalue weighted by molar-refractivity contribution is -0.116. The summed E-state index contributed by atoms with van der Waals surface area (Å²) in [6.45, 7) is 1.94. The summed E-state index contributed by atoms with van der Waals surface area (Å²) in [7, 11) is 1.59. The molecule has 0 saturated heterocycles. The Balaban J connectivity index is 1.80. The van der Waals surface area contributed by atoms with Crippen molar-refractivity contribution in [3.8, 4) is 5.75 Å². The molecule has 0 aliphatic heterocycles. The summed E-state index contributed by atoms with van der Waals surface area (Å²) in [6, 6.07) is 12.5. The highest BCUT2D eigenvalue weighted by molar-refractivity contribution is 7.21. The van der Waals surface area contributed by atoms with Crippen LogP contribution in [0, 0.1) is 0 Å². The van der Waals surface area contributed by atoms with Crippen LogP contribution in [0.5, 0.6) is 5.75 Å². The zero-order valence-electron chi connectivity index (χ0n) is 15.0. The summed E-state index contributed by atoms with van der Waals surface area (Å²) in [5.74, 6) is 0.363. The number of hydrogen-bond donors (Lipinski definition) is 2. The molecule has 0 saturated carbocycles. The minimum atomic E-state index is -0.294. The van der Waals surface area contributed by atoms with Crippen molar-refractivity contribution in [3.05, 3.63) is 52.4 Å². The van der Waals surface area contributed by atoms with Crippen LogP contribution < -0.4 is 15.4 Å². The maximum absolute atomic E-state index is 12.7. The van der Waals surface area contributed by atoms with E-state index in [1.54, 1.807) is 31.4 Å². The summed E-state index contributed by atoms with van der Waals surface area (Å²) in [4.78, 5) is 24.9. The highest BCUT2D eigenvalue weighted by atomic mass is 35.5. The van der Waals surface area contributed by atoms with E-state index in [2.05, 4.69) is 10.6 Å². The van der Waals surface area contributed by atoms with Crippen molar-refractivity contribution in [2.75, 3.05) is 17.7 Å². The molecule has 0 atom stereocenters. The van der Waals surface area contributed by atoms with E-state index in [4.69, 9.17) is 16.3 Å². The van der Waals surface area contributed by atoms with Crippen LogP contribution in [0.3, 0.4) is 0 Å². The van der Waals surface area contributed by atoms with E-state index in [9.17, 15) is 9.59 Å². The Morgan fingerprint density at radius 3 is 2.56 bits per heavy atom. The van der Waals surface area contributed by atoms with E-state index in [1.807, 2.05) is 25.1 Å². The van der Waals surface area contributed by atoms with Gasteiger partial charge in [0.05, 0.1) is 12.1 Å². The Labute approximate surface area is 166 Å². The summed E-state index contributed by atoms with van der Waals surface area (Å²) < 4.78 is 6.10. The maximum Gasteiger partial charge on any atom is 0.267 e. The molecule has 0 bridgehead atoms. The summed E-state index contributed by atoms with van der Waals surface area (Å²) in [5.41, 5.74) is 1.22. The van der Waals surface area contributed by atoms with Gasteiger partial charge >= 0.3 is 0 Å². The van der Waals surface area contributed by atoms with Crippen LogP contribution >= 0.6 is 22.9 Å². The predicted molar refractivity (Wildman–Crippen MR) is 111 cm³/mol. The number of amides is 2. The van der Waals surface area contributed by atoms with Crippen LogP contribution in [0.4, 0.5) is 11.4 Å². The first kappa shape index (κ1) is 19.2. The smallest absolute Gasteiger partial charge is 0.267 e. The third-order valence-electron chi connectivity index (χ3n) is 3.92. The van der Waals surface area contributed by atoms with Gasteiger partial charge in [0, 0.05) is 27.9 Å². The van der Waals surface area contributed by atoms with E-state index >= 15 is 0 Å². The SMILES string of the molecule is CCCC(=O)Nc1cccc(NC(=O)c2sc3cc(OC)ccc3c2Cl)c1. The third kappa shape index (κ3) is 4.40. The number of carbonyl (C=O) groups is 2. The molecule has 2 N–H and O–H groups in total. The van der Waals surface area contributed by atoms with Crippen molar-refractivity contribution < 1.29 is 14.3 Å². The Morgan fingerprint density at radius 2 is 1.85 bits per heavy atom. The molecule has 0 aliphatic carbocycles. The van der Waals surface area contributed by atoms with Crippen LogP contribution in [-0.2, 0) is 4.79 Å². The van der Waals surface area contributed by atoms with Gasteiger partial charge in [0.2, 0.25) is 5.91 Å². The van der Waals surface area contributed by atoms with Crippen molar-refractivity contribution in [2.24, 2.45) is 0 Å². The van der Waals surface area contributed by atoms with Gasteiger partial charge in [-0.3, -0.25) is 9.59 Å². The second-order valence-electron chi connectivity index (χ2n) is 5.94. The topological polar surface area (TPSA) is 67.4 Å². The zero-order valence-corrected chi connectivity index (χ0v) is 16.5. The molecule has 140 valence electrons. The molecule has 0 unspecified atom stereocenters. The van der Waals surface area contributed by atoms with Crippen LogP contribution in [0.2, 0.25) is 5.02 Å². The van der Waals surface area contributed by atoms with E-state index in [0.717, 1.165) is 16.5 Å². The molecule has 1 aromatic heterocycles. The first-order valence-corrected chi connectivity index (χ1v) is 9.68. The van der Waals surface area contributed by atoms with Crippen molar-refractivity contribution in [2.45, 2.75) is 19.8 Å². The van der Waals surface area contributed by atoms with E-state index in [-0.39, 0.29) is 11.8 Å². The van der Waals surface area contributed by atoms with Gasteiger partial charge in [0.15, 0.2) is 0 Å². The number of thiophene rings is 1. The van der Waals surface area contributed by atoms with Gasteiger partial charge in [0.1, 0.15) is 10.6 Å². The standard InChI is InChI=1S/C20H19ClN2O3S/c1-3-5-17(24)22-12-6-4-7-13(10-12)23-20(25)19-18(21)15-9-8-14(26-2)11-16(15)27-19/h4,6-11H,3,5H2,1-2H3,(H,22,24)(H,23,25). The number of anilines is 2. The number of hydrogen-bond acceptors (Lipinski definition) is 4. The lowest BCUT2D eigenvalue weighted by atomic mass is 10.2. The van der Waals surface area contributed by atoms with Crippen LogP contribution in [0.25, 0.3) is 10.1 Å². The molecule has 7 heteroatoms. The number of halogens is 1. The molecule has 3 aromatic rings. The molecule has 0 fully saturated rings. The number of carbonyl (C=O) groups excluding carboxylic acids is 2. The molecule has 2 aromatic carbocycles. The molecule has 5 nitrogen and oxygen atoms in total. The van der Waals surface area contributed by atoms with Gasteiger partial charge < -0.3 is 15.4 Å². The van der Waals surface area contributed by atoms with Crippen LogP contribution in [0.15, 0.2) is 42.5 Å². The fourth-order valence-electron chi connectivity index (χ4n) is 2.63. The third-order valence-corrected chi connectivity index (χ3v) is 5.58. The van der Waals surface area contributed by atoms with Crippen LogP contribution in [0.1, 0.15) is 29.4 Å². The van der Waals surface area contributed by atoms with E-state index in [1.165, 1.54) is 11.3 Å². The summed E-state index contributed by atoms with van der Waals surface area (Å²) in [5, 5.41) is 6.89. The normalized spacial score (nSPS) is 10.6.